The van der Waals surface area contributed by atoms with Crippen LogP contribution in [0, 0.1) is 0 Å². The lowest BCUT2D eigenvalue weighted by Crippen LogP contribution is -2.53. The Balaban J connectivity index is 2.34. The number of furan rings is 2. The molecule has 204 valence electrons. The Morgan fingerprint density at radius 1 is 0.528 bits per heavy atom. The summed E-state index contributed by atoms with van der Waals surface area (Å²) in [6, 6.07) is 0. The van der Waals surface area contributed by atoms with E-state index in [0.717, 1.165) is 11.5 Å². The van der Waals surface area contributed by atoms with Crippen molar-refractivity contribution >= 4 is 77.0 Å². The fraction of sp³-hybridized carbons (Fsp3) is 0.714. The van der Waals surface area contributed by atoms with E-state index in [1.807, 2.05) is 23.5 Å². The Kier molecular flexibility index (Phi) is 7.97. The van der Waals surface area contributed by atoms with Crippen molar-refractivity contribution < 1.29 is 8.83 Å². The van der Waals surface area contributed by atoms with Crippen molar-refractivity contribution in [1.82, 2.24) is 0 Å². The second-order valence-electron chi connectivity index (χ2n) is 16.0. The van der Waals surface area contributed by atoms with Gasteiger partial charge in [0, 0.05) is 11.5 Å². The highest BCUT2D eigenvalue weighted by Gasteiger charge is 2.47. The molecule has 0 amide bonds. The highest BCUT2D eigenvalue weighted by Crippen LogP contribution is 2.43. The minimum atomic E-state index is -1.81. The zero-order valence-corrected chi connectivity index (χ0v) is 31.7. The molecule has 0 unspecified atom stereocenters. The molecule has 2 aromatic heterocycles. The van der Waals surface area contributed by atoms with Gasteiger partial charge >= 0.3 is 0 Å². The Labute approximate surface area is 234 Å². The second-order valence-corrected chi connectivity index (χ2v) is 38.3. The van der Waals surface area contributed by atoms with E-state index in [1.165, 1.54) is 32.1 Å². The van der Waals surface area contributed by atoms with E-state index in [-0.39, 0.29) is 10.1 Å². The SMILES string of the molecule is CC(C)(C)[Si](C)(C)c1c2oc([Si](C)(C)C)c1CSc1oc([Si](C)(C)C)c(c1[Si](C)(C)C(C)(C)C)CS2. The van der Waals surface area contributed by atoms with Crippen LogP contribution in [0.2, 0.25) is 75.5 Å². The number of rotatable bonds is 4. The van der Waals surface area contributed by atoms with Crippen LogP contribution >= 0.6 is 23.5 Å². The van der Waals surface area contributed by atoms with Gasteiger partial charge in [-0.25, -0.2) is 0 Å². The normalized spacial score (nSPS) is 16.4. The average Bonchev–Trinajstić information content (AvgIpc) is 3.19. The Morgan fingerprint density at radius 3 is 1.03 bits per heavy atom. The first-order chi connectivity index (χ1) is 15.9. The Morgan fingerprint density at radius 2 is 0.806 bits per heavy atom. The first-order valence-corrected chi connectivity index (χ1v) is 28.5. The predicted molar refractivity (Wildman–Crippen MR) is 176 cm³/mol. The zero-order chi connectivity index (χ0) is 27.9. The summed E-state index contributed by atoms with van der Waals surface area (Å²) in [7, 11) is -6.94. The lowest BCUT2D eigenvalue weighted by Gasteiger charge is -2.39. The number of hydrogen-bond donors (Lipinski definition) is 0. The maximum absolute atomic E-state index is 6.98. The molecule has 0 atom stereocenters. The summed E-state index contributed by atoms with van der Waals surface area (Å²) in [5.41, 5.74) is 3.03. The fourth-order valence-electron chi connectivity index (χ4n) is 4.86. The van der Waals surface area contributed by atoms with Crippen molar-refractivity contribution in [3.05, 3.63) is 11.1 Å². The van der Waals surface area contributed by atoms with E-state index in [0.29, 0.717) is 0 Å². The molecule has 0 aromatic carbocycles. The van der Waals surface area contributed by atoms with Gasteiger partial charge in [-0.15, -0.1) is 0 Å². The van der Waals surface area contributed by atoms with E-state index in [9.17, 15) is 0 Å². The van der Waals surface area contributed by atoms with Crippen molar-refractivity contribution in [2.75, 3.05) is 0 Å². The molecule has 1 aliphatic heterocycles. The maximum Gasteiger partial charge on any atom is 0.159 e. The summed E-state index contributed by atoms with van der Waals surface area (Å²) < 4.78 is 14.0. The highest BCUT2D eigenvalue weighted by atomic mass is 32.2. The van der Waals surface area contributed by atoms with Gasteiger partial charge in [-0.3, -0.25) is 0 Å². The van der Waals surface area contributed by atoms with E-state index in [2.05, 4.69) is 107 Å². The lowest BCUT2D eigenvalue weighted by atomic mass is 10.2. The summed E-state index contributed by atoms with van der Waals surface area (Å²) in [5.74, 6) is 1.93. The van der Waals surface area contributed by atoms with Crippen LogP contribution in [0.4, 0.5) is 0 Å². The van der Waals surface area contributed by atoms with Crippen LogP contribution in [0.3, 0.4) is 0 Å². The third kappa shape index (κ3) is 5.29. The third-order valence-corrected chi connectivity index (χ3v) is 25.9. The molecule has 1 aliphatic rings. The van der Waals surface area contributed by atoms with Gasteiger partial charge in [-0.05, 0) is 31.6 Å². The largest absolute Gasteiger partial charge is 0.460 e. The Bertz CT molecular complexity index is 1040. The molecule has 0 radical (unpaired) electrons. The molecule has 0 N–H and O–H groups in total. The summed E-state index contributed by atoms with van der Waals surface area (Å²) in [4.78, 5) is 0. The molecule has 0 spiro atoms. The van der Waals surface area contributed by atoms with Crippen molar-refractivity contribution in [2.24, 2.45) is 0 Å². The van der Waals surface area contributed by atoms with E-state index >= 15 is 0 Å². The van der Waals surface area contributed by atoms with Gasteiger partial charge in [0.15, 0.2) is 10.2 Å². The smallest absolute Gasteiger partial charge is 0.159 e. The van der Waals surface area contributed by atoms with Crippen LogP contribution in [0.5, 0.6) is 0 Å². The average molecular weight is 597 g/mol. The van der Waals surface area contributed by atoms with Crippen molar-refractivity contribution in [3.63, 3.8) is 0 Å². The Hall–Kier alpha value is 0.128. The maximum atomic E-state index is 6.98. The van der Waals surface area contributed by atoms with Crippen molar-refractivity contribution in [1.29, 1.82) is 0 Å². The molecule has 2 aromatic rings. The van der Waals surface area contributed by atoms with Gasteiger partial charge in [0.2, 0.25) is 0 Å². The summed E-state index contributed by atoms with van der Waals surface area (Å²) in [6.45, 7) is 39.5. The summed E-state index contributed by atoms with van der Waals surface area (Å²) in [5, 5.41) is 8.80. The number of hydrogen-bond acceptors (Lipinski definition) is 4. The minimum Gasteiger partial charge on any atom is -0.460 e. The molecule has 0 fully saturated rings. The molecule has 3 rings (SSSR count). The fourth-order valence-corrected chi connectivity index (χ4v) is 17.2. The zero-order valence-electron chi connectivity index (χ0n) is 26.0. The third-order valence-electron chi connectivity index (χ3n) is 9.01. The quantitative estimate of drug-likeness (QED) is 0.332. The molecule has 0 saturated heterocycles. The van der Waals surface area contributed by atoms with Crippen LogP contribution < -0.4 is 21.1 Å². The van der Waals surface area contributed by atoms with Gasteiger partial charge in [0.25, 0.3) is 0 Å². The number of fused-ring (bicyclic) bond motifs is 4. The number of thioether (sulfide) groups is 2. The molecule has 0 aliphatic carbocycles. The van der Waals surface area contributed by atoms with E-state index < -0.39 is 32.3 Å². The summed E-state index contributed by atoms with van der Waals surface area (Å²) in [6.07, 6.45) is 0. The van der Waals surface area contributed by atoms with Crippen molar-refractivity contribution in [2.45, 2.75) is 139 Å². The first kappa shape index (κ1) is 30.7. The predicted octanol–water partition coefficient (Wildman–Crippen LogP) is 8.29. The highest BCUT2D eigenvalue weighted by molar-refractivity contribution is 7.99. The van der Waals surface area contributed by atoms with Gasteiger partial charge in [-0.2, -0.15) is 0 Å². The first-order valence-electron chi connectivity index (χ1n) is 13.5. The molecule has 8 heteroatoms. The standard InChI is InChI=1S/C28H52O2S2Si4/c1-27(2,3)35(13,14)21-19-17-32-24-22(36(15,16)28(4,5)6)20(26(30-24)34(10,11)12)18-31-23(21)29-25(19)33(7,8)9/h17-18H2,1-16H3. The van der Waals surface area contributed by atoms with E-state index in [1.54, 1.807) is 10.4 Å². The molecule has 2 nitrogen and oxygen atoms in total. The van der Waals surface area contributed by atoms with Gasteiger partial charge in [0.05, 0.1) is 26.9 Å². The van der Waals surface area contributed by atoms with Crippen LogP contribution in [0.1, 0.15) is 52.7 Å². The minimum absolute atomic E-state index is 0.260. The van der Waals surface area contributed by atoms with Crippen LogP contribution in [0.15, 0.2) is 19.0 Å². The summed E-state index contributed by atoms with van der Waals surface area (Å²) >= 11 is 3.96. The topological polar surface area (TPSA) is 26.3 Å². The monoisotopic (exact) mass is 596 g/mol. The molecule has 3 heterocycles. The lowest BCUT2D eigenvalue weighted by molar-refractivity contribution is 0.500. The molecular formula is C28H52O2S2Si4. The molecule has 4 bridgehead atoms. The van der Waals surface area contributed by atoms with Crippen LogP contribution in [-0.2, 0) is 11.5 Å². The molecule has 0 saturated carbocycles. The van der Waals surface area contributed by atoms with Crippen LogP contribution in [0.25, 0.3) is 0 Å². The second kappa shape index (κ2) is 9.36. The van der Waals surface area contributed by atoms with Gasteiger partial charge in [0.1, 0.15) is 16.1 Å². The van der Waals surface area contributed by atoms with E-state index in [4.69, 9.17) is 8.83 Å². The molecular weight excluding hydrogens is 545 g/mol. The van der Waals surface area contributed by atoms with Gasteiger partial charge in [-0.1, -0.05) is 131 Å². The van der Waals surface area contributed by atoms with Crippen LogP contribution in [-0.4, -0.2) is 32.3 Å². The van der Waals surface area contributed by atoms with Crippen molar-refractivity contribution in [3.8, 4) is 0 Å². The van der Waals surface area contributed by atoms with Gasteiger partial charge < -0.3 is 8.83 Å². The molecule has 36 heavy (non-hydrogen) atoms.